The third-order valence-corrected chi connectivity index (χ3v) is 12.5. The normalized spacial score (nSPS) is 16.6. The van der Waals surface area contributed by atoms with E-state index in [0.29, 0.717) is 48.0 Å². The maximum absolute atomic E-state index is 12.8. The highest BCUT2D eigenvalue weighted by molar-refractivity contribution is 7.86. The number of methoxy groups -OCH3 is 2. The third-order valence-electron chi connectivity index (χ3n) is 10.8. The molecule has 4 N–H and O–H groups in total. The van der Waals surface area contributed by atoms with Gasteiger partial charge in [-0.3, -0.25) is 9.11 Å². The van der Waals surface area contributed by atoms with Gasteiger partial charge in [0.2, 0.25) is 17.1 Å². The van der Waals surface area contributed by atoms with Crippen molar-refractivity contribution < 1.29 is 59.7 Å². The Hall–Kier alpha value is -5.50. The number of aromatic hydroxyl groups is 2. The van der Waals surface area contributed by atoms with Gasteiger partial charge in [0.1, 0.15) is 24.7 Å². The molecule has 2 aliphatic heterocycles. The van der Waals surface area contributed by atoms with Crippen LogP contribution in [0.15, 0.2) is 106 Å². The van der Waals surface area contributed by atoms with Crippen molar-refractivity contribution in [3.05, 3.63) is 119 Å². The maximum atomic E-state index is 12.8. The van der Waals surface area contributed by atoms with Crippen LogP contribution in [0, 0.1) is 0 Å². The molecule has 18 heteroatoms. The molecule has 0 radical (unpaired) electrons. The van der Waals surface area contributed by atoms with Crippen molar-refractivity contribution in [2.24, 2.45) is 0 Å². The SMILES string of the molecule is COCC[N+](CCOC)=c1ccc2c(C=CC=CC=CC=C3N(CCCS(=O)(=O)O)c4ccc(S(=O)(=O)O)cc4C3(C)CCCC(=O)On3c(O)ccc3O)cc(C(C)(C)C)oc-2c1. The average Bonchev–Trinajstić information content (AvgIpc) is 3.65. The van der Waals surface area contributed by atoms with Crippen LogP contribution in [0.2, 0.25) is 0 Å². The molecular formula is C46H58N3O13S2+. The minimum atomic E-state index is -4.62. The van der Waals surface area contributed by atoms with Gasteiger partial charge < -0.3 is 33.8 Å². The Balaban J connectivity index is 1.47. The van der Waals surface area contributed by atoms with Crippen molar-refractivity contribution >= 4 is 38.0 Å². The Morgan fingerprint density at radius 3 is 2.14 bits per heavy atom. The molecular weight excluding hydrogens is 867 g/mol. The zero-order chi connectivity index (χ0) is 46.9. The lowest BCUT2D eigenvalue weighted by Crippen LogP contribution is -2.35. The molecule has 5 rings (SSSR count). The molecule has 0 spiro atoms. The minimum absolute atomic E-state index is 0.0237. The molecule has 1 aromatic carbocycles. The monoisotopic (exact) mass is 924 g/mol. The maximum Gasteiger partial charge on any atom is 0.333 e. The number of hydrogen-bond acceptors (Lipinski definition) is 12. The van der Waals surface area contributed by atoms with Crippen LogP contribution >= 0.6 is 0 Å². The van der Waals surface area contributed by atoms with Crippen LogP contribution in [0.4, 0.5) is 5.69 Å². The molecule has 0 saturated heterocycles. The van der Waals surface area contributed by atoms with E-state index in [1.807, 2.05) is 60.4 Å². The van der Waals surface area contributed by atoms with Gasteiger partial charge in [-0.1, -0.05) is 57.2 Å². The van der Waals surface area contributed by atoms with Crippen LogP contribution in [0.25, 0.3) is 17.4 Å². The van der Waals surface area contributed by atoms with Gasteiger partial charge in [-0.25, -0.2) is 9.37 Å². The number of carbonyl (C=O) groups excluding carboxylic acids is 1. The van der Waals surface area contributed by atoms with Crippen molar-refractivity contribution in [1.82, 2.24) is 9.31 Å². The number of fused-ring (bicyclic) bond motifs is 2. The second kappa shape index (κ2) is 21.0. The van der Waals surface area contributed by atoms with Crippen molar-refractivity contribution in [1.29, 1.82) is 0 Å². The molecule has 0 saturated carbocycles. The molecule has 346 valence electrons. The van der Waals surface area contributed by atoms with Crippen LogP contribution in [0.1, 0.15) is 70.3 Å². The summed E-state index contributed by atoms with van der Waals surface area (Å²) in [5, 5.41) is 20.8. The molecule has 16 nitrogen and oxygen atoms in total. The number of aromatic nitrogens is 1. The first-order valence-corrected chi connectivity index (χ1v) is 23.7. The number of hydrogen-bond donors (Lipinski definition) is 4. The Morgan fingerprint density at radius 1 is 0.859 bits per heavy atom. The fourth-order valence-corrected chi connectivity index (χ4v) is 8.51. The summed E-state index contributed by atoms with van der Waals surface area (Å²) >= 11 is 0. The number of rotatable bonds is 20. The van der Waals surface area contributed by atoms with E-state index in [0.717, 1.165) is 40.1 Å². The zero-order valence-electron chi connectivity index (χ0n) is 36.9. The van der Waals surface area contributed by atoms with Gasteiger partial charge in [-0.05, 0) is 73.7 Å². The van der Waals surface area contributed by atoms with E-state index in [9.17, 15) is 40.9 Å². The molecule has 2 aromatic rings. The largest absolute Gasteiger partial charge is 0.492 e. The minimum Gasteiger partial charge on any atom is -0.492 e. The first-order valence-electron chi connectivity index (χ1n) is 20.7. The molecule has 0 amide bonds. The Kier molecular flexibility index (Phi) is 16.2. The number of nitrogens with zero attached hydrogens (tertiary/aromatic N) is 3. The van der Waals surface area contributed by atoms with Crippen LogP contribution in [0.3, 0.4) is 0 Å². The predicted octanol–water partition coefficient (Wildman–Crippen LogP) is 6.10. The molecule has 1 aromatic heterocycles. The molecule has 0 bridgehead atoms. The Labute approximate surface area is 374 Å². The highest BCUT2D eigenvalue weighted by Gasteiger charge is 2.43. The first-order chi connectivity index (χ1) is 30.2. The lowest BCUT2D eigenvalue weighted by molar-refractivity contribution is -0.145. The van der Waals surface area contributed by atoms with Gasteiger partial charge in [0.15, 0.2) is 13.1 Å². The summed E-state index contributed by atoms with van der Waals surface area (Å²) < 4.78 is 87.4. The fourth-order valence-electron chi connectivity index (χ4n) is 7.51. The van der Waals surface area contributed by atoms with E-state index in [4.69, 9.17) is 18.7 Å². The average molecular weight is 925 g/mol. The van der Waals surface area contributed by atoms with E-state index in [-0.39, 0.29) is 42.5 Å². The van der Waals surface area contributed by atoms with Crippen molar-refractivity contribution in [3.8, 4) is 23.1 Å². The predicted molar refractivity (Wildman–Crippen MR) is 243 cm³/mol. The highest BCUT2D eigenvalue weighted by atomic mass is 32.2. The number of carbonyl (C=O) groups is 1. The summed E-state index contributed by atoms with van der Waals surface area (Å²) in [5.74, 6) is -0.683. The van der Waals surface area contributed by atoms with Crippen LogP contribution in [-0.4, -0.2) is 99.7 Å². The highest BCUT2D eigenvalue weighted by Crippen LogP contribution is 2.51. The van der Waals surface area contributed by atoms with Crippen molar-refractivity contribution in [3.63, 3.8) is 0 Å². The topological polar surface area (TPSA) is 218 Å². The summed E-state index contributed by atoms with van der Waals surface area (Å²) in [6.07, 6.45) is 13.3. The van der Waals surface area contributed by atoms with E-state index in [1.165, 1.54) is 18.2 Å². The van der Waals surface area contributed by atoms with E-state index in [2.05, 4.69) is 31.4 Å². The summed E-state index contributed by atoms with van der Waals surface area (Å²) in [6, 6.07) is 14.6. The number of benzene rings is 2. The van der Waals surface area contributed by atoms with E-state index in [1.54, 1.807) is 26.4 Å². The van der Waals surface area contributed by atoms with E-state index < -0.39 is 49.1 Å². The summed E-state index contributed by atoms with van der Waals surface area (Å²) in [5.41, 5.74) is 2.32. The van der Waals surface area contributed by atoms with Crippen LogP contribution in [-0.2, 0) is 45.3 Å². The van der Waals surface area contributed by atoms with Gasteiger partial charge in [0, 0.05) is 73.2 Å². The van der Waals surface area contributed by atoms with Crippen LogP contribution in [0.5, 0.6) is 11.8 Å². The third kappa shape index (κ3) is 12.6. The molecule has 1 unspecified atom stereocenters. The number of allylic oxidation sites excluding steroid dienone is 7. The lowest BCUT2D eigenvalue weighted by Gasteiger charge is -2.30. The zero-order valence-corrected chi connectivity index (χ0v) is 38.6. The Morgan fingerprint density at radius 2 is 1.52 bits per heavy atom. The van der Waals surface area contributed by atoms with Crippen molar-refractivity contribution in [2.45, 2.75) is 69.1 Å². The summed E-state index contributed by atoms with van der Waals surface area (Å²) in [4.78, 5) is 19.4. The van der Waals surface area contributed by atoms with Gasteiger partial charge in [-0.15, -0.1) is 4.73 Å². The second-order valence-corrected chi connectivity index (χ2v) is 19.6. The molecule has 3 aliphatic rings. The van der Waals surface area contributed by atoms with Crippen molar-refractivity contribution in [2.75, 3.05) is 57.7 Å². The first kappa shape index (κ1) is 49.5. The Bertz CT molecular complexity index is 2660. The molecule has 1 aliphatic carbocycles. The smallest absolute Gasteiger partial charge is 0.333 e. The molecule has 3 heterocycles. The van der Waals surface area contributed by atoms with Gasteiger partial charge in [0.05, 0.1) is 16.7 Å². The summed E-state index contributed by atoms with van der Waals surface area (Å²) in [7, 11) is -5.57. The lowest BCUT2D eigenvalue weighted by atomic mass is 9.77. The van der Waals surface area contributed by atoms with Gasteiger partial charge >= 0.3 is 5.97 Å². The number of ether oxygens (including phenoxy) is 2. The van der Waals surface area contributed by atoms with E-state index >= 15 is 0 Å². The number of anilines is 1. The quantitative estimate of drug-likeness (QED) is 0.0448. The second-order valence-electron chi connectivity index (χ2n) is 16.6. The van der Waals surface area contributed by atoms with Gasteiger partial charge in [0.25, 0.3) is 20.2 Å². The molecule has 64 heavy (non-hydrogen) atoms. The summed E-state index contributed by atoms with van der Waals surface area (Å²) in [6.45, 7) is 10.7. The standard InChI is InChI=1S/C46H57N3O13S2/c1-45(2,3)41-30-33(36-19-17-34(31-39(36)61-41)47(25-27-59-5)26-28-60-6)14-10-8-7-9-11-15-40-46(4,23-12-16-44(52)62-49-42(50)21-22-43(49)51)37-32-35(64(56,57)58)18-20-38(37)48(40)24-13-29-63(53,54)55/h7-11,14-15,17-22,30-32H,12-13,16,23-29H2,1-6H3,(H3-,50,51,53,54,55,56,57,58)/p+1. The van der Waals surface area contributed by atoms with Crippen LogP contribution < -0.4 is 19.7 Å². The fraction of sp³-hybridized carbons (Fsp3) is 0.391. The molecule has 1 atom stereocenters. The molecule has 0 fully saturated rings. The van der Waals surface area contributed by atoms with Gasteiger partial charge in [-0.2, -0.15) is 16.8 Å².